The highest BCUT2D eigenvalue weighted by Gasteiger charge is 1.99. The summed E-state index contributed by atoms with van der Waals surface area (Å²) in [6.45, 7) is 4.21. The number of rotatable bonds is 5. The summed E-state index contributed by atoms with van der Waals surface area (Å²) in [7, 11) is 1.65. The van der Waals surface area contributed by atoms with Crippen LogP contribution in [0.3, 0.4) is 0 Å². The molecule has 0 unspecified atom stereocenters. The Morgan fingerprint density at radius 1 is 1.41 bits per heavy atom. The maximum atomic E-state index is 11.1. The van der Waals surface area contributed by atoms with E-state index in [4.69, 9.17) is 9.47 Å². The summed E-state index contributed by atoms with van der Waals surface area (Å²) >= 11 is 0. The highest BCUT2D eigenvalue weighted by atomic mass is 16.5. The summed E-state index contributed by atoms with van der Waals surface area (Å²) in [6, 6.07) is 5.88. The number of carbonyl (C=O) groups excluding carboxylic acids is 1. The fourth-order valence-electron chi connectivity index (χ4n) is 1.52. The van der Waals surface area contributed by atoms with E-state index in [0.717, 1.165) is 16.9 Å². The molecule has 0 spiro atoms. The molecule has 0 N–H and O–H groups in total. The minimum Gasteiger partial charge on any atom is -0.496 e. The van der Waals surface area contributed by atoms with Gasteiger partial charge in [0.1, 0.15) is 5.75 Å². The molecule has 1 aromatic carbocycles. The number of esters is 1. The summed E-state index contributed by atoms with van der Waals surface area (Å²) < 4.78 is 10.0. The molecule has 17 heavy (non-hydrogen) atoms. The van der Waals surface area contributed by atoms with E-state index in [2.05, 4.69) is 0 Å². The molecule has 0 amide bonds. The van der Waals surface area contributed by atoms with Gasteiger partial charge in [-0.15, -0.1) is 0 Å². The van der Waals surface area contributed by atoms with Crippen LogP contribution in [0.4, 0.5) is 0 Å². The van der Waals surface area contributed by atoms with E-state index in [9.17, 15) is 4.79 Å². The molecule has 0 aliphatic heterocycles. The van der Waals surface area contributed by atoms with Crippen molar-refractivity contribution >= 4 is 12.0 Å². The molecule has 0 heterocycles. The van der Waals surface area contributed by atoms with E-state index in [-0.39, 0.29) is 5.97 Å². The summed E-state index contributed by atoms with van der Waals surface area (Å²) in [5, 5.41) is 0. The van der Waals surface area contributed by atoms with Crippen molar-refractivity contribution in [3.63, 3.8) is 0 Å². The van der Waals surface area contributed by atoms with Crippen molar-refractivity contribution in [2.24, 2.45) is 0 Å². The highest BCUT2D eigenvalue weighted by Crippen LogP contribution is 2.19. The number of hydrogen-bond acceptors (Lipinski definition) is 3. The predicted molar refractivity (Wildman–Crippen MR) is 68.0 cm³/mol. The summed E-state index contributed by atoms with van der Waals surface area (Å²) in [5.74, 6) is 0.668. The molecule has 0 atom stereocenters. The molecule has 0 aliphatic carbocycles. The van der Waals surface area contributed by atoms with Gasteiger partial charge in [-0.25, -0.2) is 0 Å². The second-order valence-corrected chi connectivity index (χ2v) is 3.64. The van der Waals surface area contributed by atoms with Gasteiger partial charge in [-0.3, -0.25) is 4.79 Å². The van der Waals surface area contributed by atoms with Crippen LogP contribution >= 0.6 is 0 Å². The van der Waals surface area contributed by atoms with E-state index in [0.29, 0.717) is 13.0 Å². The minimum absolute atomic E-state index is 0.200. The van der Waals surface area contributed by atoms with Crippen molar-refractivity contribution in [1.82, 2.24) is 0 Å². The lowest BCUT2D eigenvalue weighted by Crippen LogP contribution is -2.01. The van der Waals surface area contributed by atoms with Crippen LogP contribution in [0.2, 0.25) is 0 Å². The lowest BCUT2D eigenvalue weighted by Gasteiger charge is -2.04. The predicted octanol–water partition coefficient (Wildman–Crippen LogP) is 2.97. The third kappa shape index (κ3) is 4.31. The number of hydrogen-bond donors (Lipinski definition) is 0. The summed E-state index contributed by atoms with van der Waals surface area (Å²) in [5.41, 5.74) is 2.12. The summed E-state index contributed by atoms with van der Waals surface area (Å²) in [6.07, 6.45) is 4.02. The van der Waals surface area contributed by atoms with Gasteiger partial charge in [-0.1, -0.05) is 18.2 Å². The normalized spacial score (nSPS) is 10.5. The zero-order valence-corrected chi connectivity index (χ0v) is 10.5. The first-order valence-electron chi connectivity index (χ1n) is 5.64. The molecule has 0 aliphatic rings. The number of aryl methyl sites for hydroxylation is 1. The topological polar surface area (TPSA) is 35.5 Å². The molecule has 0 saturated carbocycles. The van der Waals surface area contributed by atoms with Crippen molar-refractivity contribution in [2.75, 3.05) is 13.7 Å². The Balaban J connectivity index is 2.60. The second kappa shape index (κ2) is 6.74. The van der Waals surface area contributed by atoms with Gasteiger partial charge < -0.3 is 9.47 Å². The number of methoxy groups -OCH3 is 1. The van der Waals surface area contributed by atoms with Crippen LogP contribution in [0.25, 0.3) is 6.08 Å². The number of ether oxygens (including phenoxy) is 2. The molecule has 92 valence electrons. The Bertz CT molecular complexity index is 408. The summed E-state index contributed by atoms with van der Waals surface area (Å²) in [4.78, 5) is 11.1. The Hall–Kier alpha value is -1.77. The van der Waals surface area contributed by atoms with E-state index in [1.807, 2.05) is 31.2 Å². The van der Waals surface area contributed by atoms with Gasteiger partial charge >= 0.3 is 5.97 Å². The van der Waals surface area contributed by atoms with Gasteiger partial charge in [0.05, 0.1) is 20.1 Å². The van der Waals surface area contributed by atoms with Gasteiger partial charge in [0, 0.05) is 0 Å². The fraction of sp³-hybridized carbons (Fsp3) is 0.357. The minimum atomic E-state index is -0.200. The van der Waals surface area contributed by atoms with E-state index in [1.165, 1.54) is 0 Å². The maximum absolute atomic E-state index is 11.1. The van der Waals surface area contributed by atoms with Crippen molar-refractivity contribution in [2.45, 2.75) is 20.3 Å². The van der Waals surface area contributed by atoms with Crippen LogP contribution in [-0.4, -0.2) is 19.7 Å². The Kier molecular flexibility index (Phi) is 5.27. The Labute approximate surface area is 102 Å². The smallest absolute Gasteiger partial charge is 0.309 e. The molecule has 3 heteroatoms. The molecule has 0 fully saturated rings. The molecule has 3 nitrogen and oxygen atoms in total. The van der Waals surface area contributed by atoms with Crippen molar-refractivity contribution in [1.29, 1.82) is 0 Å². The lowest BCUT2D eigenvalue weighted by atomic mass is 10.1. The zero-order valence-electron chi connectivity index (χ0n) is 10.5. The van der Waals surface area contributed by atoms with Crippen molar-refractivity contribution in [3.05, 3.63) is 35.4 Å². The van der Waals surface area contributed by atoms with Crippen LogP contribution in [0.15, 0.2) is 24.3 Å². The molecule has 1 aromatic rings. The van der Waals surface area contributed by atoms with Gasteiger partial charge in [0.25, 0.3) is 0 Å². The molecule has 0 saturated heterocycles. The Morgan fingerprint density at radius 3 is 2.76 bits per heavy atom. The largest absolute Gasteiger partial charge is 0.496 e. The van der Waals surface area contributed by atoms with Crippen LogP contribution < -0.4 is 4.74 Å². The Morgan fingerprint density at radius 2 is 2.18 bits per heavy atom. The quantitative estimate of drug-likeness (QED) is 0.735. The first-order chi connectivity index (χ1) is 8.17. The van der Waals surface area contributed by atoms with Gasteiger partial charge in [0.2, 0.25) is 0 Å². The molecular weight excluding hydrogens is 216 g/mol. The van der Waals surface area contributed by atoms with Crippen LogP contribution in [-0.2, 0) is 9.53 Å². The first kappa shape index (κ1) is 13.3. The fourth-order valence-corrected chi connectivity index (χ4v) is 1.52. The monoisotopic (exact) mass is 234 g/mol. The SMILES string of the molecule is CCOC(=O)CC=Cc1ccc(OC)c(C)c1. The van der Waals surface area contributed by atoms with Crippen molar-refractivity contribution < 1.29 is 14.3 Å². The number of carbonyl (C=O) groups is 1. The van der Waals surface area contributed by atoms with E-state index >= 15 is 0 Å². The zero-order chi connectivity index (χ0) is 12.7. The van der Waals surface area contributed by atoms with E-state index < -0.39 is 0 Å². The second-order valence-electron chi connectivity index (χ2n) is 3.64. The molecule has 0 aromatic heterocycles. The molecular formula is C14H18O3. The molecule has 0 bridgehead atoms. The van der Waals surface area contributed by atoms with E-state index in [1.54, 1.807) is 20.1 Å². The number of benzene rings is 1. The average Bonchev–Trinajstić information content (AvgIpc) is 2.29. The standard InChI is InChI=1S/C14H18O3/c1-4-17-14(15)7-5-6-12-8-9-13(16-3)11(2)10-12/h5-6,8-10H,4,7H2,1-3H3. The van der Waals surface area contributed by atoms with Crippen LogP contribution in [0.1, 0.15) is 24.5 Å². The van der Waals surface area contributed by atoms with Crippen LogP contribution in [0.5, 0.6) is 5.75 Å². The maximum Gasteiger partial charge on any atom is 0.309 e. The molecule has 1 rings (SSSR count). The van der Waals surface area contributed by atoms with Crippen molar-refractivity contribution in [3.8, 4) is 5.75 Å². The van der Waals surface area contributed by atoms with Gasteiger partial charge in [0.15, 0.2) is 0 Å². The lowest BCUT2D eigenvalue weighted by molar-refractivity contribution is -0.142. The first-order valence-corrected chi connectivity index (χ1v) is 5.64. The van der Waals surface area contributed by atoms with Gasteiger partial charge in [-0.2, -0.15) is 0 Å². The highest BCUT2D eigenvalue weighted by molar-refractivity contribution is 5.72. The van der Waals surface area contributed by atoms with Gasteiger partial charge in [-0.05, 0) is 37.1 Å². The average molecular weight is 234 g/mol. The molecule has 0 radical (unpaired) electrons. The third-order valence-corrected chi connectivity index (χ3v) is 2.32. The third-order valence-electron chi connectivity index (χ3n) is 2.32. The van der Waals surface area contributed by atoms with Crippen LogP contribution in [0, 0.1) is 6.92 Å².